The molecule has 0 spiro atoms. The first-order valence-corrected chi connectivity index (χ1v) is 6.52. The molecule has 0 radical (unpaired) electrons. The second-order valence-corrected chi connectivity index (χ2v) is 5.20. The third-order valence-electron chi connectivity index (χ3n) is 3.66. The van der Waals surface area contributed by atoms with E-state index in [-0.39, 0.29) is 5.56 Å². The lowest BCUT2D eigenvalue weighted by molar-refractivity contribution is 0.0697. The lowest BCUT2D eigenvalue weighted by atomic mass is 9.96. The van der Waals surface area contributed by atoms with Crippen LogP contribution in [0.1, 0.15) is 23.2 Å². The number of carbonyl (C=O) groups is 1. The first-order chi connectivity index (χ1) is 9.08. The van der Waals surface area contributed by atoms with Crippen LogP contribution in [0, 0.1) is 5.92 Å². The highest BCUT2D eigenvalue weighted by atomic mass is 16.4. The minimum atomic E-state index is -0.958. The van der Waals surface area contributed by atoms with Gasteiger partial charge in [0.2, 0.25) is 0 Å². The number of likely N-dealkylation sites (tertiary alicyclic amines) is 1. The molecular formula is C13H20N4O2. The van der Waals surface area contributed by atoms with E-state index >= 15 is 0 Å². The number of rotatable bonds is 4. The van der Waals surface area contributed by atoms with Gasteiger partial charge in [-0.15, -0.1) is 5.10 Å². The maximum absolute atomic E-state index is 11.2. The van der Waals surface area contributed by atoms with Crippen LogP contribution < -0.4 is 4.90 Å². The number of aromatic carboxylic acids is 1. The Kier molecular flexibility index (Phi) is 4.31. The van der Waals surface area contributed by atoms with Crippen LogP contribution in [0.4, 0.5) is 5.82 Å². The third-order valence-corrected chi connectivity index (χ3v) is 3.66. The summed E-state index contributed by atoms with van der Waals surface area (Å²) in [5, 5.41) is 16.9. The van der Waals surface area contributed by atoms with Crippen molar-refractivity contribution in [2.24, 2.45) is 5.92 Å². The molecule has 1 fully saturated rings. The van der Waals surface area contributed by atoms with E-state index in [2.05, 4.69) is 22.1 Å². The summed E-state index contributed by atoms with van der Waals surface area (Å²) >= 11 is 0. The number of hydrogen-bond acceptors (Lipinski definition) is 5. The zero-order valence-electron chi connectivity index (χ0n) is 11.4. The van der Waals surface area contributed by atoms with Gasteiger partial charge < -0.3 is 14.9 Å². The van der Waals surface area contributed by atoms with Crippen molar-refractivity contribution in [1.29, 1.82) is 0 Å². The maximum Gasteiger partial charge on any atom is 0.339 e. The molecule has 0 unspecified atom stereocenters. The van der Waals surface area contributed by atoms with E-state index in [9.17, 15) is 4.79 Å². The monoisotopic (exact) mass is 264 g/mol. The molecule has 0 amide bonds. The van der Waals surface area contributed by atoms with Crippen LogP contribution in [0.5, 0.6) is 0 Å². The van der Waals surface area contributed by atoms with Gasteiger partial charge in [0.15, 0.2) is 5.82 Å². The van der Waals surface area contributed by atoms with Gasteiger partial charge in [-0.2, -0.15) is 5.10 Å². The smallest absolute Gasteiger partial charge is 0.339 e. The van der Waals surface area contributed by atoms with Gasteiger partial charge in [0, 0.05) is 13.6 Å². The van der Waals surface area contributed by atoms with Crippen LogP contribution in [0.25, 0.3) is 0 Å². The summed E-state index contributed by atoms with van der Waals surface area (Å²) < 4.78 is 0. The predicted molar refractivity (Wildman–Crippen MR) is 72.5 cm³/mol. The normalized spacial score (nSPS) is 17.4. The van der Waals surface area contributed by atoms with Gasteiger partial charge >= 0.3 is 5.97 Å². The Morgan fingerprint density at radius 3 is 2.84 bits per heavy atom. The average molecular weight is 264 g/mol. The van der Waals surface area contributed by atoms with E-state index in [0.717, 1.165) is 32.5 Å². The topological polar surface area (TPSA) is 69.6 Å². The van der Waals surface area contributed by atoms with Crippen molar-refractivity contribution in [3.05, 3.63) is 17.8 Å². The van der Waals surface area contributed by atoms with Crippen molar-refractivity contribution >= 4 is 11.8 Å². The number of hydrogen-bond donors (Lipinski definition) is 1. The molecule has 1 saturated heterocycles. The van der Waals surface area contributed by atoms with Crippen molar-refractivity contribution in [3.63, 3.8) is 0 Å². The number of anilines is 1. The Balaban J connectivity index is 2.03. The van der Waals surface area contributed by atoms with Crippen LogP contribution in [-0.4, -0.2) is 59.9 Å². The second-order valence-electron chi connectivity index (χ2n) is 5.20. The van der Waals surface area contributed by atoms with Crippen molar-refractivity contribution in [3.8, 4) is 0 Å². The summed E-state index contributed by atoms with van der Waals surface area (Å²) in [5.41, 5.74) is 0.213. The molecule has 1 aliphatic heterocycles. The van der Waals surface area contributed by atoms with Crippen molar-refractivity contribution in [2.75, 3.05) is 38.6 Å². The number of carboxylic acids is 1. The van der Waals surface area contributed by atoms with E-state index in [4.69, 9.17) is 5.11 Å². The fourth-order valence-corrected chi connectivity index (χ4v) is 2.49. The molecule has 0 saturated carbocycles. The number of carboxylic acid groups (broad SMARTS) is 1. The maximum atomic E-state index is 11.2. The molecule has 104 valence electrons. The third kappa shape index (κ3) is 3.41. The van der Waals surface area contributed by atoms with Crippen molar-refractivity contribution < 1.29 is 9.90 Å². The molecule has 2 heterocycles. The van der Waals surface area contributed by atoms with Gasteiger partial charge in [-0.1, -0.05) is 0 Å². The Morgan fingerprint density at radius 1 is 1.53 bits per heavy atom. The van der Waals surface area contributed by atoms with Crippen LogP contribution in [0.3, 0.4) is 0 Å². The SMILES string of the molecule is CN1CCC(CN(C)c2nnccc2C(=O)O)CC1. The Labute approximate surface area is 113 Å². The summed E-state index contributed by atoms with van der Waals surface area (Å²) in [4.78, 5) is 15.4. The molecule has 19 heavy (non-hydrogen) atoms. The first-order valence-electron chi connectivity index (χ1n) is 6.52. The molecule has 0 aliphatic carbocycles. The Bertz CT molecular complexity index is 444. The van der Waals surface area contributed by atoms with Gasteiger partial charge in [0.25, 0.3) is 0 Å². The highest BCUT2D eigenvalue weighted by Gasteiger charge is 2.21. The molecule has 2 rings (SSSR count). The van der Waals surface area contributed by atoms with Gasteiger partial charge in [-0.05, 0) is 45.0 Å². The number of aromatic nitrogens is 2. The minimum Gasteiger partial charge on any atom is -0.478 e. The largest absolute Gasteiger partial charge is 0.478 e. The standard InChI is InChI=1S/C13H20N4O2/c1-16-7-4-10(5-8-16)9-17(2)12-11(13(18)19)3-6-14-15-12/h3,6,10H,4-5,7-9H2,1-2H3,(H,18,19). The summed E-state index contributed by atoms with van der Waals surface area (Å²) in [6.45, 7) is 3.03. The highest BCUT2D eigenvalue weighted by Crippen LogP contribution is 2.21. The molecule has 6 heteroatoms. The Morgan fingerprint density at radius 2 is 2.21 bits per heavy atom. The fourth-order valence-electron chi connectivity index (χ4n) is 2.49. The van der Waals surface area contributed by atoms with Crippen LogP contribution >= 0.6 is 0 Å². The zero-order chi connectivity index (χ0) is 13.8. The van der Waals surface area contributed by atoms with E-state index < -0.39 is 5.97 Å². The van der Waals surface area contributed by atoms with Gasteiger partial charge in [-0.25, -0.2) is 4.79 Å². The van der Waals surface area contributed by atoms with E-state index in [1.54, 1.807) is 0 Å². The minimum absolute atomic E-state index is 0.213. The predicted octanol–water partition coefficient (Wildman–Crippen LogP) is 0.953. The summed E-state index contributed by atoms with van der Waals surface area (Å²) in [5.74, 6) is 0.0823. The van der Waals surface area contributed by atoms with Crippen LogP contribution in [0.2, 0.25) is 0 Å². The summed E-state index contributed by atoms with van der Waals surface area (Å²) in [6, 6.07) is 1.50. The molecule has 0 bridgehead atoms. The molecule has 0 atom stereocenters. The molecule has 1 N–H and O–H groups in total. The number of piperidine rings is 1. The lowest BCUT2D eigenvalue weighted by Gasteiger charge is -2.32. The molecule has 1 aromatic heterocycles. The van der Waals surface area contributed by atoms with Gasteiger partial charge in [-0.3, -0.25) is 0 Å². The summed E-state index contributed by atoms with van der Waals surface area (Å²) in [6.07, 6.45) is 3.70. The second kappa shape index (κ2) is 5.97. The van der Waals surface area contributed by atoms with Gasteiger partial charge in [0.1, 0.15) is 5.56 Å². The molecule has 0 aromatic carbocycles. The van der Waals surface area contributed by atoms with Crippen LogP contribution in [0.15, 0.2) is 12.3 Å². The first kappa shape index (κ1) is 13.7. The quantitative estimate of drug-likeness (QED) is 0.873. The average Bonchev–Trinajstić information content (AvgIpc) is 2.41. The highest BCUT2D eigenvalue weighted by molar-refractivity contribution is 5.93. The van der Waals surface area contributed by atoms with Gasteiger partial charge in [0.05, 0.1) is 6.20 Å². The molecule has 6 nitrogen and oxygen atoms in total. The fraction of sp³-hybridized carbons (Fsp3) is 0.615. The van der Waals surface area contributed by atoms with Crippen molar-refractivity contribution in [2.45, 2.75) is 12.8 Å². The number of nitrogens with zero attached hydrogens (tertiary/aromatic N) is 4. The van der Waals surface area contributed by atoms with Crippen LogP contribution in [-0.2, 0) is 0 Å². The van der Waals surface area contributed by atoms with E-state index in [1.807, 2.05) is 11.9 Å². The molecule has 1 aromatic rings. The van der Waals surface area contributed by atoms with E-state index in [1.165, 1.54) is 12.3 Å². The van der Waals surface area contributed by atoms with Crippen molar-refractivity contribution in [1.82, 2.24) is 15.1 Å². The molecule has 1 aliphatic rings. The Hall–Kier alpha value is -1.69. The van der Waals surface area contributed by atoms with E-state index in [0.29, 0.717) is 11.7 Å². The zero-order valence-corrected chi connectivity index (χ0v) is 11.4. The lowest BCUT2D eigenvalue weighted by Crippen LogP contribution is -2.36. The summed E-state index contributed by atoms with van der Waals surface area (Å²) in [7, 11) is 4.01. The molecular weight excluding hydrogens is 244 g/mol.